The summed E-state index contributed by atoms with van der Waals surface area (Å²) < 4.78 is 0. The van der Waals surface area contributed by atoms with Crippen LogP contribution in [0, 0.1) is 17.2 Å². The molecule has 3 aliphatic heterocycles. The predicted molar refractivity (Wildman–Crippen MR) is 196 cm³/mol. The third-order valence-electron chi connectivity index (χ3n) is 12.4. The zero-order valence-electron chi connectivity index (χ0n) is 30.9. The molecule has 2 N–H and O–H groups in total. The number of nitrogens with one attached hydrogen (secondary N) is 2. The summed E-state index contributed by atoms with van der Waals surface area (Å²) in [5.74, 6) is 0.933. The third-order valence-corrected chi connectivity index (χ3v) is 12.4. The molecule has 278 valence electrons. The van der Waals surface area contributed by atoms with E-state index in [4.69, 9.17) is 0 Å². The highest BCUT2D eigenvalue weighted by Crippen LogP contribution is 2.48. The maximum Gasteiger partial charge on any atom is 0.253 e. The number of tetrazole rings is 1. The van der Waals surface area contributed by atoms with Crippen LogP contribution < -0.4 is 5.32 Å². The number of likely N-dealkylation sites (tertiary alicyclic amines) is 1. The lowest BCUT2D eigenvalue weighted by atomic mass is 9.67. The van der Waals surface area contributed by atoms with Gasteiger partial charge in [0.15, 0.2) is 5.82 Å². The normalized spacial score (nSPS) is 24.4. The monoisotopic (exact) mass is 719 g/mol. The molecule has 3 aromatic rings. The first kappa shape index (κ1) is 35.3. The van der Waals surface area contributed by atoms with Crippen molar-refractivity contribution in [3.8, 4) is 6.07 Å². The molecule has 8 rings (SSSR count). The topological polar surface area (TPSA) is 158 Å². The average Bonchev–Trinajstić information content (AvgIpc) is 3.55. The highest BCUT2D eigenvalue weighted by molar-refractivity contribution is 5.95. The Morgan fingerprint density at radius 3 is 1.96 bits per heavy atom. The summed E-state index contributed by atoms with van der Waals surface area (Å²) in [6.45, 7) is 8.27. The molecule has 14 heteroatoms. The van der Waals surface area contributed by atoms with Gasteiger partial charge in [-0.25, -0.2) is 0 Å². The van der Waals surface area contributed by atoms with Gasteiger partial charge in [-0.2, -0.15) is 10.5 Å². The van der Waals surface area contributed by atoms with Gasteiger partial charge >= 0.3 is 0 Å². The number of hydrogen-bond acceptors (Lipinski definition) is 10. The van der Waals surface area contributed by atoms with Crippen LogP contribution >= 0.6 is 0 Å². The zero-order valence-corrected chi connectivity index (χ0v) is 30.9. The van der Waals surface area contributed by atoms with E-state index >= 15 is 0 Å². The van der Waals surface area contributed by atoms with Gasteiger partial charge in [0.25, 0.3) is 11.8 Å². The van der Waals surface area contributed by atoms with Crippen LogP contribution in [0.3, 0.4) is 0 Å². The van der Waals surface area contributed by atoms with Crippen molar-refractivity contribution in [2.75, 3.05) is 73.0 Å². The van der Waals surface area contributed by atoms with Crippen LogP contribution in [0.1, 0.15) is 75.0 Å². The Morgan fingerprint density at radius 2 is 1.45 bits per heavy atom. The van der Waals surface area contributed by atoms with Crippen molar-refractivity contribution in [1.29, 1.82) is 5.26 Å². The first-order chi connectivity index (χ1) is 25.7. The van der Waals surface area contributed by atoms with Crippen LogP contribution in [0.2, 0.25) is 0 Å². The molecule has 2 aromatic carbocycles. The number of aromatic nitrogens is 4. The molecule has 4 atom stereocenters. The first-order valence-corrected chi connectivity index (χ1v) is 19.1. The number of carbonyl (C=O) groups is 3. The highest BCUT2D eigenvalue weighted by atomic mass is 16.2. The number of aryl methyl sites for hydroxylation is 2. The number of H-pyrrole nitrogens is 1. The second-order valence-corrected chi connectivity index (χ2v) is 15.8. The van der Waals surface area contributed by atoms with Crippen LogP contribution in [0.25, 0.3) is 0 Å². The van der Waals surface area contributed by atoms with E-state index in [9.17, 15) is 19.6 Å². The molecule has 3 saturated heterocycles. The standard InChI is InChI=1S/C39H49N11O3/c1-25(41-24-35(51)50-31(23-40)20-30-21-34(30)50)22-39(38-42-44-45-43-38)32-8-6-28(36(52)48-14-10-46(2)11-15-48)18-26(32)4-5-27-19-29(7-9-33(27)39)37(53)49-16-12-47(3)13-17-49/h6-9,18-19,25,30-31,34,41H,4-5,10-17,20-22,24H2,1-3H3,(H,42,43,44,45)/t25-,30-,31+,34+/m1/s1. The summed E-state index contributed by atoms with van der Waals surface area (Å²) >= 11 is 0. The van der Waals surface area contributed by atoms with Gasteiger partial charge in [0.05, 0.1) is 18.0 Å². The number of nitrogens with zero attached hydrogens (tertiary/aromatic N) is 9. The summed E-state index contributed by atoms with van der Waals surface area (Å²) in [6, 6.07) is 14.0. The Kier molecular flexibility index (Phi) is 9.51. The van der Waals surface area contributed by atoms with Crippen molar-refractivity contribution in [2.45, 2.75) is 62.6 Å². The van der Waals surface area contributed by atoms with Crippen molar-refractivity contribution >= 4 is 17.7 Å². The predicted octanol–water partition coefficient (Wildman–Crippen LogP) is 1.29. The Labute approximate surface area is 310 Å². The van der Waals surface area contributed by atoms with E-state index in [-0.39, 0.29) is 42.4 Å². The molecule has 0 radical (unpaired) electrons. The molecule has 0 unspecified atom stereocenters. The molecular formula is C39H49N11O3. The van der Waals surface area contributed by atoms with E-state index in [1.165, 1.54) is 0 Å². The highest BCUT2D eigenvalue weighted by Gasteiger charge is 2.54. The number of carbonyl (C=O) groups excluding carboxylic acids is 3. The van der Waals surface area contributed by atoms with Gasteiger partial charge in [-0.05, 0) is 106 Å². The van der Waals surface area contributed by atoms with Gasteiger partial charge in [0.2, 0.25) is 5.91 Å². The van der Waals surface area contributed by atoms with E-state index in [1.54, 1.807) is 4.90 Å². The fraction of sp³-hybridized carbons (Fsp3) is 0.564. The number of fused-ring (bicyclic) bond motifs is 3. The lowest BCUT2D eigenvalue weighted by molar-refractivity contribution is -0.131. The quantitative estimate of drug-likeness (QED) is 0.348. The lowest BCUT2D eigenvalue weighted by Gasteiger charge is -2.37. The summed E-state index contributed by atoms with van der Waals surface area (Å²) in [5, 5.41) is 29.2. The second-order valence-electron chi connectivity index (χ2n) is 15.8. The van der Waals surface area contributed by atoms with Crippen molar-refractivity contribution in [1.82, 2.24) is 50.4 Å². The smallest absolute Gasteiger partial charge is 0.253 e. The van der Waals surface area contributed by atoms with E-state index < -0.39 is 5.41 Å². The van der Waals surface area contributed by atoms with Crippen LogP contribution in [0.4, 0.5) is 0 Å². The van der Waals surface area contributed by atoms with Crippen molar-refractivity contribution in [2.24, 2.45) is 5.92 Å². The van der Waals surface area contributed by atoms with Gasteiger partial charge < -0.3 is 29.8 Å². The summed E-state index contributed by atoms with van der Waals surface area (Å²) in [5.41, 5.74) is 4.40. The maximum atomic E-state index is 13.8. The molecule has 4 heterocycles. The summed E-state index contributed by atoms with van der Waals surface area (Å²) in [4.78, 5) is 51.3. The Bertz CT molecular complexity index is 1820. The fourth-order valence-corrected chi connectivity index (χ4v) is 9.21. The van der Waals surface area contributed by atoms with Gasteiger partial charge in [0.1, 0.15) is 6.04 Å². The summed E-state index contributed by atoms with van der Waals surface area (Å²) in [7, 11) is 4.15. The molecule has 0 spiro atoms. The number of rotatable bonds is 8. The zero-order chi connectivity index (χ0) is 36.9. The van der Waals surface area contributed by atoms with E-state index in [2.05, 4.69) is 75.0 Å². The Morgan fingerprint density at radius 1 is 0.887 bits per heavy atom. The van der Waals surface area contributed by atoms with Gasteiger partial charge in [-0.15, -0.1) is 10.2 Å². The number of benzene rings is 2. The molecule has 53 heavy (non-hydrogen) atoms. The Balaban J connectivity index is 1.16. The van der Waals surface area contributed by atoms with Crippen molar-refractivity contribution < 1.29 is 14.4 Å². The van der Waals surface area contributed by atoms with Gasteiger partial charge in [-0.3, -0.25) is 14.4 Å². The number of hydrogen-bond donors (Lipinski definition) is 2. The molecule has 1 aromatic heterocycles. The number of nitriles is 1. The number of amides is 3. The lowest BCUT2D eigenvalue weighted by Crippen LogP contribution is -2.47. The minimum atomic E-state index is -0.918. The van der Waals surface area contributed by atoms with Crippen LogP contribution in [-0.4, -0.2) is 154 Å². The van der Waals surface area contributed by atoms with Gasteiger partial charge in [0, 0.05) is 75.6 Å². The van der Waals surface area contributed by atoms with Crippen LogP contribution in [0.15, 0.2) is 36.4 Å². The van der Waals surface area contributed by atoms with E-state index in [0.717, 1.165) is 61.3 Å². The third kappa shape index (κ3) is 6.59. The average molecular weight is 720 g/mol. The number of likely N-dealkylation sites (N-methyl/N-ethyl adjacent to an activating group) is 2. The minimum absolute atomic E-state index is 0.0249. The molecule has 14 nitrogen and oxygen atoms in total. The first-order valence-electron chi connectivity index (χ1n) is 19.1. The van der Waals surface area contributed by atoms with E-state index in [1.807, 2.05) is 34.1 Å². The fourth-order valence-electron chi connectivity index (χ4n) is 9.21. The summed E-state index contributed by atoms with van der Waals surface area (Å²) in [6.07, 6.45) is 3.53. The van der Waals surface area contributed by atoms with Crippen molar-refractivity contribution in [3.05, 3.63) is 75.6 Å². The largest absolute Gasteiger partial charge is 0.336 e. The number of aromatic amines is 1. The molecule has 3 amide bonds. The molecule has 0 bridgehead atoms. The molecule has 2 aliphatic carbocycles. The number of piperidine rings is 1. The van der Waals surface area contributed by atoms with E-state index in [0.29, 0.717) is 68.3 Å². The molecule has 5 aliphatic rings. The van der Waals surface area contributed by atoms with Crippen molar-refractivity contribution in [3.63, 3.8) is 0 Å². The number of piperazine rings is 2. The van der Waals surface area contributed by atoms with Crippen LogP contribution in [0.5, 0.6) is 0 Å². The molecular weight excluding hydrogens is 671 g/mol. The Hall–Kier alpha value is -4.71. The molecule has 4 fully saturated rings. The second kappa shape index (κ2) is 14.3. The minimum Gasteiger partial charge on any atom is -0.336 e. The van der Waals surface area contributed by atoms with Gasteiger partial charge in [-0.1, -0.05) is 17.3 Å². The maximum absolute atomic E-state index is 13.8. The SMILES string of the molecule is C[C@H](CC1(c2nn[nH]n2)c2ccc(C(=O)N3CCN(C)CC3)cc2CCc2cc(C(=O)N3CCN(C)CC3)ccc21)NCC(=O)N1[C@H](C#N)C[C@@H]2C[C@@H]21. The van der Waals surface area contributed by atoms with Crippen LogP contribution in [-0.2, 0) is 23.1 Å². The molecule has 1 saturated carbocycles.